The van der Waals surface area contributed by atoms with Crippen LogP contribution in [0, 0.1) is 25.2 Å². The number of carbonyl (C=O) groups is 1. The van der Waals surface area contributed by atoms with Gasteiger partial charge in [0.15, 0.2) is 0 Å². The molecule has 1 amide bonds. The van der Waals surface area contributed by atoms with Crippen molar-refractivity contribution in [3.05, 3.63) is 82.4 Å². The second kappa shape index (κ2) is 5.97. The molecule has 0 unspecified atom stereocenters. The number of hydrogen-bond acceptors (Lipinski definition) is 5. The van der Waals surface area contributed by atoms with E-state index in [0.717, 1.165) is 22.5 Å². The molecular weight excluding hydrogens is 378 g/mol. The molecule has 2 aliphatic rings. The van der Waals surface area contributed by atoms with Crippen molar-refractivity contribution in [1.29, 1.82) is 5.26 Å². The molecule has 0 saturated heterocycles. The zero-order valence-corrected chi connectivity index (χ0v) is 16.8. The standard InChI is InChI=1S/C23H19N5O2/c1-13-9-10-18-16(11-13)23(22(29)27(18)3)17(12-24)20(25)30-21-19(23)14(2)26-28(21)15-7-5-4-6-8-15/h4-11H,25H2,1-3H3/t23-/m1/s1. The van der Waals surface area contributed by atoms with Crippen LogP contribution in [0.2, 0.25) is 0 Å². The number of para-hydroxylation sites is 1. The molecule has 0 bridgehead atoms. The second-order valence-electron chi connectivity index (χ2n) is 7.60. The molecule has 7 heteroatoms. The maximum Gasteiger partial charge on any atom is 0.247 e. The number of nitriles is 1. The summed E-state index contributed by atoms with van der Waals surface area (Å²) in [7, 11) is 1.71. The van der Waals surface area contributed by atoms with Crippen LogP contribution in [0.1, 0.15) is 22.4 Å². The van der Waals surface area contributed by atoms with E-state index >= 15 is 0 Å². The number of fused-ring (bicyclic) bond motifs is 4. The SMILES string of the molecule is Cc1ccc2c(c1)[C@@]1(C(=O)N2C)C(C#N)=C(N)Oc2c1c(C)nn2-c1ccccc1. The van der Waals surface area contributed by atoms with E-state index in [1.54, 1.807) is 16.6 Å². The van der Waals surface area contributed by atoms with Crippen LogP contribution in [0.15, 0.2) is 60.0 Å². The number of aryl methyl sites for hydroxylation is 2. The molecule has 0 radical (unpaired) electrons. The highest BCUT2D eigenvalue weighted by atomic mass is 16.5. The number of hydrogen-bond donors (Lipinski definition) is 1. The number of aromatic nitrogens is 2. The van der Waals surface area contributed by atoms with Crippen LogP contribution in [0.3, 0.4) is 0 Å². The lowest BCUT2D eigenvalue weighted by atomic mass is 9.69. The molecule has 1 atom stereocenters. The predicted molar refractivity (Wildman–Crippen MR) is 111 cm³/mol. The Morgan fingerprint density at radius 3 is 2.60 bits per heavy atom. The van der Waals surface area contributed by atoms with Crippen molar-refractivity contribution in [2.45, 2.75) is 19.3 Å². The van der Waals surface area contributed by atoms with Gasteiger partial charge < -0.3 is 15.4 Å². The summed E-state index contributed by atoms with van der Waals surface area (Å²) < 4.78 is 7.56. The van der Waals surface area contributed by atoms with Gasteiger partial charge in [-0.05, 0) is 32.0 Å². The minimum Gasteiger partial charge on any atom is -0.422 e. The summed E-state index contributed by atoms with van der Waals surface area (Å²) in [4.78, 5) is 15.4. The third-order valence-corrected chi connectivity index (χ3v) is 5.88. The van der Waals surface area contributed by atoms with Gasteiger partial charge in [0.2, 0.25) is 17.7 Å². The molecule has 30 heavy (non-hydrogen) atoms. The van der Waals surface area contributed by atoms with E-state index in [1.165, 1.54) is 0 Å². The highest BCUT2D eigenvalue weighted by Crippen LogP contribution is 2.56. The first kappa shape index (κ1) is 18.0. The maximum atomic E-state index is 13.8. The summed E-state index contributed by atoms with van der Waals surface area (Å²) in [5, 5.41) is 14.7. The Kier molecular flexibility index (Phi) is 3.59. The van der Waals surface area contributed by atoms with Gasteiger partial charge in [-0.2, -0.15) is 10.4 Å². The number of nitrogens with zero attached hydrogens (tertiary/aromatic N) is 4. The average molecular weight is 397 g/mol. The summed E-state index contributed by atoms with van der Waals surface area (Å²) >= 11 is 0. The average Bonchev–Trinajstić information content (AvgIpc) is 3.17. The Hall–Kier alpha value is -4.05. The monoisotopic (exact) mass is 397 g/mol. The number of nitrogens with two attached hydrogens (primary N) is 1. The van der Waals surface area contributed by atoms with Crippen molar-refractivity contribution in [2.75, 3.05) is 11.9 Å². The minimum absolute atomic E-state index is 0.0850. The Bertz CT molecular complexity index is 1300. The van der Waals surface area contributed by atoms with Crippen LogP contribution in [0.4, 0.5) is 5.69 Å². The van der Waals surface area contributed by atoms with E-state index in [1.807, 2.05) is 62.4 Å². The van der Waals surface area contributed by atoms with Gasteiger partial charge in [-0.25, -0.2) is 4.68 Å². The van der Waals surface area contributed by atoms with Gasteiger partial charge in [0.1, 0.15) is 17.1 Å². The molecule has 0 aliphatic carbocycles. The van der Waals surface area contributed by atoms with Gasteiger partial charge >= 0.3 is 0 Å². The fraction of sp³-hybridized carbons (Fsp3) is 0.174. The zero-order valence-electron chi connectivity index (χ0n) is 16.8. The first-order chi connectivity index (χ1) is 14.4. The quantitative estimate of drug-likeness (QED) is 0.681. The Morgan fingerprint density at radius 1 is 1.17 bits per heavy atom. The first-order valence-electron chi connectivity index (χ1n) is 9.54. The van der Waals surface area contributed by atoms with E-state index < -0.39 is 5.41 Å². The van der Waals surface area contributed by atoms with Crippen molar-refractivity contribution in [3.63, 3.8) is 0 Å². The minimum atomic E-state index is -1.39. The largest absolute Gasteiger partial charge is 0.422 e. The van der Waals surface area contributed by atoms with Gasteiger partial charge in [0.25, 0.3) is 0 Å². The molecule has 148 valence electrons. The number of likely N-dealkylation sites (N-methyl/N-ethyl adjacent to an activating group) is 1. The molecule has 1 aromatic heterocycles. The van der Waals surface area contributed by atoms with Crippen molar-refractivity contribution in [2.24, 2.45) is 5.73 Å². The molecule has 2 N–H and O–H groups in total. The highest BCUT2D eigenvalue weighted by molar-refractivity contribution is 6.14. The van der Waals surface area contributed by atoms with Crippen LogP contribution in [-0.2, 0) is 10.2 Å². The van der Waals surface area contributed by atoms with Gasteiger partial charge in [-0.3, -0.25) is 4.79 Å². The molecule has 3 heterocycles. The molecule has 1 spiro atoms. The molecule has 5 rings (SSSR count). The number of ether oxygens (including phenoxy) is 1. The van der Waals surface area contributed by atoms with Gasteiger partial charge in [0.05, 0.1) is 16.9 Å². The van der Waals surface area contributed by atoms with Crippen LogP contribution in [-0.4, -0.2) is 22.7 Å². The normalized spacial score (nSPS) is 19.5. The summed E-state index contributed by atoms with van der Waals surface area (Å²) in [6, 6.07) is 17.4. The summed E-state index contributed by atoms with van der Waals surface area (Å²) in [6.45, 7) is 3.78. The second-order valence-corrected chi connectivity index (χ2v) is 7.60. The Balaban J connectivity index is 1.93. The third-order valence-electron chi connectivity index (χ3n) is 5.88. The number of carbonyl (C=O) groups excluding carboxylic acids is 1. The summed E-state index contributed by atoms with van der Waals surface area (Å²) in [5.74, 6) is 0.0207. The van der Waals surface area contributed by atoms with Crippen molar-refractivity contribution < 1.29 is 9.53 Å². The number of benzene rings is 2. The van der Waals surface area contributed by atoms with Gasteiger partial charge in [-0.15, -0.1) is 0 Å². The molecule has 7 nitrogen and oxygen atoms in total. The fourth-order valence-electron chi connectivity index (χ4n) is 4.58. The van der Waals surface area contributed by atoms with E-state index in [2.05, 4.69) is 11.2 Å². The van der Waals surface area contributed by atoms with E-state index in [4.69, 9.17) is 10.5 Å². The van der Waals surface area contributed by atoms with Crippen LogP contribution in [0.25, 0.3) is 5.69 Å². The van der Waals surface area contributed by atoms with Crippen molar-refractivity contribution >= 4 is 11.6 Å². The third kappa shape index (κ3) is 2.02. The van der Waals surface area contributed by atoms with Crippen LogP contribution < -0.4 is 15.4 Å². The Labute approximate surface area is 173 Å². The van der Waals surface area contributed by atoms with Gasteiger partial charge in [-0.1, -0.05) is 35.9 Å². The smallest absolute Gasteiger partial charge is 0.247 e. The molecule has 2 aromatic carbocycles. The van der Waals surface area contributed by atoms with E-state index in [9.17, 15) is 10.1 Å². The fourth-order valence-corrected chi connectivity index (χ4v) is 4.58. The topological polar surface area (TPSA) is 97.2 Å². The molecular formula is C23H19N5O2. The van der Waals surface area contributed by atoms with Crippen molar-refractivity contribution in [3.8, 4) is 17.6 Å². The molecule has 0 saturated carbocycles. The lowest BCUT2D eigenvalue weighted by Crippen LogP contribution is -2.45. The molecule has 3 aromatic rings. The predicted octanol–water partition coefficient (Wildman–Crippen LogP) is 2.84. The lowest BCUT2D eigenvalue weighted by molar-refractivity contribution is -0.120. The summed E-state index contributed by atoms with van der Waals surface area (Å²) in [6.07, 6.45) is 0. The lowest BCUT2D eigenvalue weighted by Gasteiger charge is -2.32. The molecule has 0 fully saturated rings. The first-order valence-corrected chi connectivity index (χ1v) is 9.54. The number of amides is 1. The Morgan fingerprint density at radius 2 is 1.90 bits per heavy atom. The number of rotatable bonds is 1. The van der Waals surface area contributed by atoms with Crippen LogP contribution >= 0.6 is 0 Å². The van der Waals surface area contributed by atoms with E-state index in [0.29, 0.717) is 17.1 Å². The van der Waals surface area contributed by atoms with Crippen molar-refractivity contribution in [1.82, 2.24) is 9.78 Å². The summed E-state index contributed by atoms with van der Waals surface area (Å²) in [5.41, 5.74) is 9.31. The van der Waals surface area contributed by atoms with Crippen LogP contribution in [0.5, 0.6) is 5.88 Å². The highest BCUT2D eigenvalue weighted by Gasteiger charge is 2.60. The van der Waals surface area contributed by atoms with E-state index in [-0.39, 0.29) is 17.4 Å². The van der Waals surface area contributed by atoms with Gasteiger partial charge in [0, 0.05) is 18.3 Å². The molecule has 2 aliphatic heterocycles. The maximum absolute atomic E-state index is 13.8. The zero-order chi connectivity index (χ0) is 21.2. The number of anilines is 1.